The van der Waals surface area contributed by atoms with Crippen molar-refractivity contribution in [3.8, 4) is 17.1 Å². The van der Waals surface area contributed by atoms with Crippen molar-refractivity contribution in [1.82, 2.24) is 25.0 Å². The third kappa shape index (κ3) is 5.26. The number of benzene rings is 1. The van der Waals surface area contributed by atoms with Crippen LogP contribution in [0.5, 0.6) is 5.75 Å². The van der Waals surface area contributed by atoms with Gasteiger partial charge in [-0.1, -0.05) is 17.7 Å². The van der Waals surface area contributed by atoms with Crippen LogP contribution >= 0.6 is 11.6 Å². The largest absolute Gasteiger partial charge is 0.494 e. The zero-order valence-corrected chi connectivity index (χ0v) is 19.5. The number of carboxylic acid groups (broad SMARTS) is 1. The maximum Gasteiger partial charge on any atom is 0.358 e. The summed E-state index contributed by atoms with van der Waals surface area (Å²) < 4.78 is 12.2. The summed E-state index contributed by atoms with van der Waals surface area (Å²) in [7, 11) is 3.11. The Hall–Kier alpha value is -2.62. The number of anilines is 2. The van der Waals surface area contributed by atoms with Gasteiger partial charge < -0.3 is 19.9 Å². The monoisotopic (exact) mass is 468 g/mol. The molecule has 0 radical (unpaired) electrons. The van der Waals surface area contributed by atoms with E-state index in [1.165, 1.54) is 13.2 Å². The number of hydrogen-bond acceptors (Lipinski definition) is 8. The number of hydrogen-bond donors (Lipinski definition) is 2. The van der Waals surface area contributed by atoms with Crippen molar-refractivity contribution in [1.29, 1.82) is 0 Å². The van der Waals surface area contributed by atoms with Crippen LogP contribution in [-0.4, -0.2) is 56.9 Å². The molecule has 0 amide bonds. The number of rotatable bonds is 8. The molecule has 3 rings (SSSR count). The van der Waals surface area contributed by atoms with Crippen LogP contribution < -0.4 is 10.1 Å². The molecule has 0 atom stereocenters. The van der Waals surface area contributed by atoms with Crippen LogP contribution in [0.1, 0.15) is 10.5 Å². The molecular formula is C17H17ClN6O4Zn. The van der Waals surface area contributed by atoms with Gasteiger partial charge in [0.25, 0.3) is 0 Å². The van der Waals surface area contributed by atoms with Crippen molar-refractivity contribution in [2.75, 3.05) is 26.1 Å². The number of nitrogens with one attached hydrogen (secondary N) is 1. The van der Waals surface area contributed by atoms with Crippen molar-refractivity contribution in [2.24, 2.45) is 0 Å². The van der Waals surface area contributed by atoms with Gasteiger partial charge in [0, 0.05) is 32.7 Å². The number of nitrogens with zero attached hydrogens (tertiary/aromatic N) is 5. The molecule has 1 aromatic carbocycles. The van der Waals surface area contributed by atoms with Gasteiger partial charge in [-0.05, 0) is 12.1 Å². The summed E-state index contributed by atoms with van der Waals surface area (Å²) in [5.41, 5.74) is 1.05. The van der Waals surface area contributed by atoms with Gasteiger partial charge >= 0.3 is 5.97 Å². The Balaban J connectivity index is 0.00000300. The molecule has 0 saturated carbocycles. The zero-order valence-electron chi connectivity index (χ0n) is 15.8. The average Bonchev–Trinajstić information content (AvgIpc) is 3.14. The van der Waals surface area contributed by atoms with E-state index in [0.29, 0.717) is 36.0 Å². The molecule has 2 heterocycles. The fraction of sp³-hybridized carbons (Fsp3) is 0.235. The standard InChI is InChI=1S/C17H17ClN6O4.Zn/c1-27-7-6-24-9-19-16(23-24)10-4-3-5-11(15(10)28-2)20-12-8-13(18)21-22-14(12)17(25)26;/h3-5,8-9H,6-7H2,1-2H3,(H,20,21)(H,25,26);. The molecule has 2 aromatic heterocycles. The maximum atomic E-state index is 11.4. The Kier molecular flexibility index (Phi) is 8.01. The Morgan fingerprint density at radius 3 is 2.76 bits per heavy atom. The van der Waals surface area contributed by atoms with Gasteiger partial charge in [0.15, 0.2) is 22.4 Å². The molecule has 0 fully saturated rings. The minimum atomic E-state index is -1.24. The van der Waals surface area contributed by atoms with E-state index in [1.807, 2.05) is 0 Å². The molecule has 10 nitrogen and oxygen atoms in total. The molecule has 12 heteroatoms. The van der Waals surface area contributed by atoms with Crippen LogP contribution in [0.15, 0.2) is 30.6 Å². The summed E-state index contributed by atoms with van der Waals surface area (Å²) in [6.07, 6.45) is 1.60. The molecule has 0 saturated heterocycles. The topological polar surface area (TPSA) is 124 Å². The molecule has 148 valence electrons. The second-order valence-corrected chi connectivity index (χ2v) is 5.96. The second-order valence-electron chi connectivity index (χ2n) is 5.57. The van der Waals surface area contributed by atoms with Crippen molar-refractivity contribution >= 4 is 28.9 Å². The molecule has 3 aromatic rings. The minimum Gasteiger partial charge on any atom is -0.494 e. The number of ether oxygens (including phenoxy) is 2. The average molecular weight is 470 g/mol. The molecule has 0 bridgehead atoms. The third-order valence-corrected chi connectivity index (χ3v) is 3.94. The number of aromatic nitrogens is 5. The summed E-state index contributed by atoms with van der Waals surface area (Å²) in [6.45, 7) is 1.07. The third-order valence-electron chi connectivity index (χ3n) is 3.76. The van der Waals surface area contributed by atoms with E-state index < -0.39 is 5.97 Å². The molecular weight excluding hydrogens is 453 g/mol. The van der Waals surface area contributed by atoms with E-state index in [-0.39, 0.29) is 36.0 Å². The predicted molar refractivity (Wildman–Crippen MR) is 101 cm³/mol. The zero-order chi connectivity index (χ0) is 20.1. The van der Waals surface area contributed by atoms with Crippen LogP contribution in [0, 0.1) is 0 Å². The Labute approximate surface area is 184 Å². The molecule has 0 aliphatic heterocycles. The van der Waals surface area contributed by atoms with Gasteiger partial charge in [0.1, 0.15) is 6.33 Å². The van der Waals surface area contributed by atoms with Crippen LogP contribution in [-0.2, 0) is 30.8 Å². The summed E-state index contributed by atoms with van der Waals surface area (Å²) in [5, 5.41) is 24.0. The fourth-order valence-corrected chi connectivity index (χ4v) is 2.66. The Morgan fingerprint density at radius 1 is 1.28 bits per heavy atom. The smallest absolute Gasteiger partial charge is 0.358 e. The maximum absolute atomic E-state index is 11.4. The Bertz CT molecular complexity index is 1000. The number of aromatic carboxylic acids is 1. The van der Waals surface area contributed by atoms with Gasteiger partial charge in [-0.25, -0.2) is 9.78 Å². The SMILES string of the molecule is COCCn1cnc(-c2cccc(Nc3cc(Cl)nnc3C(=O)O)c2OC)n1.[Zn]. The van der Waals surface area contributed by atoms with Gasteiger partial charge in [0.2, 0.25) is 0 Å². The first-order valence-corrected chi connectivity index (χ1v) is 8.50. The fourth-order valence-electron chi connectivity index (χ4n) is 2.51. The first-order valence-electron chi connectivity index (χ1n) is 8.12. The first kappa shape index (κ1) is 22.7. The quantitative estimate of drug-likeness (QED) is 0.478. The first-order chi connectivity index (χ1) is 13.5. The summed E-state index contributed by atoms with van der Waals surface area (Å²) in [4.78, 5) is 15.7. The van der Waals surface area contributed by atoms with Gasteiger partial charge in [-0.2, -0.15) is 5.10 Å². The molecule has 0 aliphatic rings. The molecule has 0 spiro atoms. The summed E-state index contributed by atoms with van der Waals surface area (Å²) >= 11 is 5.86. The van der Waals surface area contributed by atoms with E-state index in [2.05, 4.69) is 25.6 Å². The van der Waals surface area contributed by atoms with Crippen LogP contribution in [0.2, 0.25) is 5.15 Å². The van der Waals surface area contributed by atoms with Gasteiger partial charge in [-0.15, -0.1) is 10.2 Å². The van der Waals surface area contributed by atoms with Crippen LogP contribution in [0.3, 0.4) is 0 Å². The number of halogens is 1. The molecule has 2 N–H and O–H groups in total. The van der Waals surface area contributed by atoms with E-state index in [9.17, 15) is 9.90 Å². The second kappa shape index (κ2) is 10.2. The van der Waals surface area contributed by atoms with E-state index in [0.717, 1.165) is 0 Å². The van der Waals surface area contributed by atoms with Crippen molar-refractivity contribution < 1.29 is 38.9 Å². The molecule has 0 unspecified atom stereocenters. The van der Waals surface area contributed by atoms with E-state index in [1.54, 1.807) is 36.3 Å². The summed E-state index contributed by atoms with van der Waals surface area (Å²) in [6, 6.07) is 6.68. The minimum absolute atomic E-state index is 0. The van der Waals surface area contributed by atoms with E-state index >= 15 is 0 Å². The van der Waals surface area contributed by atoms with E-state index in [4.69, 9.17) is 21.1 Å². The number of carboxylic acids is 1. The molecule has 0 aliphatic carbocycles. The normalized spacial score (nSPS) is 10.3. The van der Waals surface area contributed by atoms with Crippen molar-refractivity contribution in [3.05, 3.63) is 41.4 Å². The number of carbonyl (C=O) groups is 1. The van der Waals surface area contributed by atoms with Crippen molar-refractivity contribution in [2.45, 2.75) is 6.54 Å². The Morgan fingerprint density at radius 2 is 2.07 bits per heavy atom. The molecule has 29 heavy (non-hydrogen) atoms. The van der Waals surface area contributed by atoms with Crippen molar-refractivity contribution in [3.63, 3.8) is 0 Å². The summed E-state index contributed by atoms with van der Waals surface area (Å²) in [5.74, 6) is -0.336. The number of methoxy groups -OCH3 is 2. The van der Waals surface area contributed by atoms with Gasteiger partial charge in [-0.3, -0.25) is 4.68 Å². The van der Waals surface area contributed by atoms with Crippen LogP contribution in [0.25, 0.3) is 11.4 Å². The predicted octanol–water partition coefficient (Wildman–Crippen LogP) is 2.48. The van der Waals surface area contributed by atoms with Gasteiger partial charge in [0.05, 0.1) is 37.2 Å². The number of para-hydroxylation sites is 1. The van der Waals surface area contributed by atoms with Crippen LogP contribution in [0.4, 0.5) is 11.4 Å².